The predicted octanol–water partition coefficient (Wildman–Crippen LogP) is 3.42. The summed E-state index contributed by atoms with van der Waals surface area (Å²) in [5, 5.41) is 2.55. The van der Waals surface area contributed by atoms with Gasteiger partial charge in [0.2, 0.25) is 5.95 Å². The molecule has 0 saturated carbocycles. The Morgan fingerprint density at radius 2 is 1.92 bits per heavy atom. The highest BCUT2D eigenvalue weighted by atomic mass is 19.1. The van der Waals surface area contributed by atoms with Gasteiger partial charge in [0.1, 0.15) is 18.1 Å². The number of hydrogen-bond acceptors (Lipinski definition) is 9. The zero-order valence-corrected chi connectivity index (χ0v) is 21.3. The van der Waals surface area contributed by atoms with E-state index in [1.165, 1.54) is 18.3 Å². The topological polar surface area (TPSA) is 121 Å². The number of anilines is 1. The van der Waals surface area contributed by atoms with Crippen LogP contribution in [0.4, 0.5) is 15.1 Å². The average Bonchev–Trinajstić information content (AvgIpc) is 3.32. The first-order chi connectivity index (χ1) is 18.5. The molecule has 0 bridgehead atoms. The summed E-state index contributed by atoms with van der Waals surface area (Å²) in [6.07, 6.45) is 4.18. The van der Waals surface area contributed by atoms with Crippen LogP contribution >= 0.6 is 0 Å². The third-order valence-corrected chi connectivity index (χ3v) is 6.30. The van der Waals surface area contributed by atoms with Crippen molar-refractivity contribution in [3.63, 3.8) is 0 Å². The van der Waals surface area contributed by atoms with Crippen molar-refractivity contribution in [2.45, 2.75) is 6.92 Å². The summed E-state index contributed by atoms with van der Waals surface area (Å²) in [4.78, 5) is 37.0. The van der Waals surface area contributed by atoms with Crippen LogP contribution < -0.4 is 10.1 Å². The normalized spacial score (nSPS) is 14.5. The molecule has 3 aromatic heterocycles. The highest BCUT2D eigenvalue weighted by molar-refractivity contribution is 5.97. The van der Waals surface area contributed by atoms with E-state index in [1.54, 1.807) is 31.5 Å². The Morgan fingerprint density at radius 1 is 1.13 bits per heavy atom. The number of pyridine rings is 1. The molecule has 2 N–H and O–H groups in total. The summed E-state index contributed by atoms with van der Waals surface area (Å²) in [7, 11) is 2.13. The van der Waals surface area contributed by atoms with Crippen molar-refractivity contribution < 1.29 is 18.7 Å². The largest absolute Gasteiger partial charge is 0.462 e. The number of hydrogen-bond donors (Lipinski definition) is 2. The van der Waals surface area contributed by atoms with Crippen molar-refractivity contribution in [1.29, 1.82) is 0 Å². The molecule has 1 aromatic carbocycles. The number of aromatic amines is 1. The molecule has 198 valence electrons. The summed E-state index contributed by atoms with van der Waals surface area (Å²) in [5.74, 6) is -0.311. The minimum atomic E-state index is -0.644. The fourth-order valence-electron chi connectivity index (χ4n) is 4.25. The zero-order chi connectivity index (χ0) is 26.5. The van der Waals surface area contributed by atoms with Gasteiger partial charge in [-0.1, -0.05) is 0 Å². The number of rotatable bonds is 8. The Morgan fingerprint density at radius 3 is 2.66 bits per heavy atom. The van der Waals surface area contributed by atoms with E-state index < -0.39 is 11.9 Å². The first kappa shape index (κ1) is 25.5. The van der Waals surface area contributed by atoms with E-state index in [2.05, 4.69) is 47.1 Å². The van der Waals surface area contributed by atoms with Crippen molar-refractivity contribution >= 4 is 23.1 Å². The van der Waals surface area contributed by atoms with Crippen LogP contribution in [-0.2, 0) is 4.74 Å². The number of benzene rings is 1. The second-order valence-corrected chi connectivity index (χ2v) is 8.93. The molecule has 38 heavy (non-hydrogen) atoms. The number of piperazine rings is 1. The van der Waals surface area contributed by atoms with Crippen LogP contribution in [0.1, 0.15) is 6.92 Å². The molecule has 1 amide bonds. The Kier molecular flexibility index (Phi) is 7.70. The Balaban J connectivity index is 1.38. The molecule has 11 nitrogen and oxygen atoms in total. The molecular weight excluding hydrogens is 491 g/mol. The Labute approximate surface area is 219 Å². The number of carbonyl (C=O) groups excluding carboxylic acids is 1. The molecule has 5 rings (SSSR count). The minimum absolute atomic E-state index is 0.149. The number of carbonyl (C=O) groups is 1. The summed E-state index contributed by atoms with van der Waals surface area (Å²) in [6, 6.07) is 6.75. The van der Waals surface area contributed by atoms with Crippen molar-refractivity contribution in [2.75, 3.05) is 58.3 Å². The zero-order valence-electron chi connectivity index (χ0n) is 21.3. The number of halogens is 1. The second kappa shape index (κ2) is 11.5. The fourth-order valence-corrected chi connectivity index (χ4v) is 4.25. The Bertz CT molecular complexity index is 1400. The van der Waals surface area contributed by atoms with Gasteiger partial charge in [0, 0.05) is 62.4 Å². The maximum absolute atomic E-state index is 14.7. The lowest BCUT2D eigenvalue weighted by atomic mass is 10.0. The number of H-pyrrole nitrogens is 1. The van der Waals surface area contributed by atoms with Crippen LogP contribution in [0.2, 0.25) is 0 Å². The second-order valence-electron chi connectivity index (χ2n) is 8.93. The third-order valence-electron chi connectivity index (χ3n) is 6.30. The fraction of sp³-hybridized carbons (Fsp3) is 0.346. The standard InChI is InChI=1S/C26H29FN8O3/c1-3-37-26(36)33-24-31-21-14-17(13-19(23(21)32-24)22-20(27)5-4-6-28-22)18-15-29-25(30-16-18)38-12-11-35-9-7-34(2)8-10-35/h4-6,13-16H,3,7-12H2,1-2H3,(H2,31,32,33,36). The number of aromatic nitrogens is 5. The molecule has 12 heteroatoms. The van der Waals surface area contributed by atoms with Crippen molar-refractivity contribution in [1.82, 2.24) is 34.7 Å². The van der Waals surface area contributed by atoms with E-state index in [1.807, 2.05) is 0 Å². The van der Waals surface area contributed by atoms with Crippen molar-refractivity contribution in [2.24, 2.45) is 0 Å². The van der Waals surface area contributed by atoms with E-state index in [4.69, 9.17) is 9.47 Å². The van der Waals surface area contributed by atoms with Gasteiger partial charge < -0.3 is 19.4 Å². The quantitative estimate of drug-likeness (QED) is 0.360. The molecule has 0 atom stereocenters. The lowest BCUT2D eigenvalue weighted by molar-refractivity contribution is 0.131. The van der Waals surface area contributed by atoms with Crippen LogP contribution in [0.3, 0.4) is 0 Å². The lowest BCUT2D eigenvalue weighted by Gasteiger charge is -2.31. The number of fused-ring (bicyclic) bond motifs is 1. The predicted molar refractivity (Wildman–Crippen MR) is 140 cm³/mol. The third kappa shape index (κ3) is 5.87. The summed E-state index contributed by atoms with van der Waals surface area (Å²) < 4.78 is 25.4. The molecule has 1 saturated heterocycles. The van der Waals surface area contributed by atoms with Crippen molar-refractivity contribution in [3.05, 3.63) is 48.7 Å². The first-order valence-electron chi connectivity index (χ1n) is 12.4. The number of ether oxygens (including phenoxy) is 2. The maximum atomic E-state index is 14.7. The van der Waals surface area contributed by atoms with E-state index >= 15 is 0 Å². The lowest BCUT2D eigenvalue weighted by Crippen LogP contribution is -2.45. The van der Waals surface area contributed by atoms with Gasteiger partial charge in [-0.3, -0.25) is 15.2 Å². The molecule has 1 aliphatic rings. The molecule has 0 radical (unpaired) electrons. The molecule has 0 aliphatic carbocycles. The van der Waals surface area contributed by atoms with Gasteiger partial charge in [0.05, 0.1) is 17.6 Å². The maximum Gasteiger partial charge on any atom is 0.413 e. The number of likely N-dealkylation sites (N-methyl/N-ethyl adjacent to an activating group) is 1. The summed E-state index contributed by atoms with van der Waals surface area (Å²) in [5.41, 5.74) is 3.04. The average molecular weight is 521 g/mol. The monoisotopic (exact) mass is 520 g/mol. The van der Waals surface area contributed by atoms with E-state index in [0.29, 0.717) is 40.3 Å². The molecule has 0 spiro atoms. The van der Waals surface area contributed by atoms with Crippen molar-refractivity contribution in [3.8, 4) is 28.4 Å². The Hall–Kier alpha value is -4.16. The van der Waals surface area contributed by atoms with Crippen LogP contribution in [-0.4, -0.2) is 93.8 Å². The van der Waals surface area contributed by atoms with Crippen LogP contribution in [0.15, 0.2) is 42.9 Å². The van der Waals surface area contributed by atoms with Gasteiger partial charge in [-0.05, 0) is 43.8 Å². The van der Waals surface area contributed by atoms with Gasteiger partial charge in [-0.2, -0.15) is 0 Å². The number of nitrogens with one attached hydrogen (secondary N) is 2. The first-order valence-corrected chi connectivity index (χ1v) is 12.4. The molecule has 1 aliphatic heterocycles. The minimum Gasteiger partial charge on any atom is -0.462 e. The smallest absolute Gasteiger partial charge is 0.413 e. The van der Waals surface area contributed by atoms with E-state index in [-0.39, 0.29) is 18.2 Å². The SMILES string of the molecule is CCOC(=O)Nc1nc2cc(-c3cnc(OCCN4CCN(C)CC4)nc3)cc(-c3ncccc3F)c2[nH]1. The van der Waals surface area contributed by atoms with Gasteiger partial charge in [-0.15, -0.1) is 0 Å². The van der Waals surface area contributed by atoms with Crippen LogP contribution in [0, 0.1) is 5.82 Å². The van der Waals surface area contributed by atoms with E-state index in [9.17, 15) is 9.18 Å². The molecule has 4 heterocycles. The summed E-state index contributed by atoms with van der Waals surface area (Å²) >= 11 is 0. The molecule has 0 unspecified atom stereocenters. The molecular formula is C26H29FN8O3. The van der Waals surface area contributed by atoms with Gasteiger partial charge >= 0.3 is 12.1 Å². The molecule has 1 fully saturated rings. The van der Waals surface area contributed by atoms with Crippen LogP contribution in [0.25, 0.3) is 33.4 Å². The van der Waals surface area contributed by atoms with Gasteiger partial charge in [0.25, 0.3) is 0 Å². The number of nitrogens with zero attached hydrogens (tertiary/aromatic N) is 6. The highest BCUT2D eigenvalue weighted by Crippen LogP contribution is 2.34. The number of amides is 1. The highest BCUT2D eigenvalue weighted by Gasteiger charge is 2.18. The molecule has 4 aromatic rings. The number of imidazole rings is 1. The van der Waals surface area contributed by atoms with E-state index in [0.717, 1.165) is 32.7 Å². The summed E-state index contributed by atoms with van der Waals surface area (Å²) in [6.45, 7) is 7.38. The van der Waals surface area contributed by atoms with Crippen LogP contribution in [0.5, 0.6) is 6.01 Å². The van der Waals surface area contributed by atoms with Gasteiger partial charge in [-0.25, -0.2) is 24.1 Å². The van der Waals surface area contributed by atoms with Gasteiger partial charge in [0.15, 0.2) is 0 Å².